The molecule has 28 heavy (non-hydrogen) atoms. The van der Waals surface area contributed by atoms with Crippen LogP contribution < -0.4 is 5.32 Å². The first kappa shape index (κ1) is 19.0. The second-order valence-corrected chi connectivity index (χ2v) is 6.25. The van der Waals surface area contributed by atoms with Crippen molar-refractivity contribution >= 4 is 23.2 Å². The topological polar surface area (TPSA) is 70.1 Å². The quantitative estimate of drug-likeness (QED) is 0.649. The molecule has 136 valence electrons. The van der Waals surface area contributed by atoms with Gasteiger partial charge in [-0.3, -0.25) is 9.78 Å². The van der Waals surface area contributed by atoms with Gasteiger partial charge in [0.2, 0.25) is 0 Å². The van der Waals surface area contributed by atoms with Gasteiger partial charge in [-0.2, -0.15) is 5.26 Å². The molecule has 1 atom stereocenters. The van der Waals surface area contributed by atoms with E-state index in [4.69, 9.17) is 23.4 Å². The minimum Gasteiger partial charge on any atom is -0.340 e. The van der Waals surface area contributed by atoms with E-state index in [1.54, 1.807) is 42.5 Å². The largest absolute Gasteiger partial charge is 0.340 e. The molecule has 0 unspecified atom stereocenters. The van der Waals surface area contributed by atoms with Gasteiger partial charge >= 0.3 is 0 Å². The molecule has 0 spiro atoms. The first-order valence-electron chi connectivity index (χ1n) is 8.11. The van der Waals surface area contributed by atoms with Crippen LogP contribution in [-0.4, -0.2) is 10.9 Å². The summed E-state index contributed by atoms with van der Waals surface area (Å²) in [6.07, 6.45) is 1.46. The molecule has 1 heterocycles. The molecule has 7 heteroatoms. The summed E-state index contributed by atoms with van der Waals surface area (Å²) in [6, 6.07) is 14.8. The molecule has 0 fully saturated rings. The fourth-order valence-electron chi connectivity index (χ4n) is 2.59. The summed E-state index contributed by atoms with van der Waals surface area (Å²) >= 11 is 5.90. The van der Waals surface area contributed by atoms with Gasteiger partial charge in [0.05, 0.1) is 28.9 Å². The van der Waals surface area contributed by atoms with Gasteiger partial charge in [-0.05, 0) is 35.9 Å². The van der Waals surface area contributed by atoms with Gasteiger partial charge in [0.25, 0.3) is 5.91 Å². The number of hydrogen-bond acceptors (Lipinski definition) is 3. The van der Waals surface area contributed by atoms with E-state index in [0.29, 0.717) is 22.0 Å². The Morgan fingerprint density at radius 1 is 1.21 bits per heavy atom. The monoisotopic (exact) mass is 390 g/mol. The van der Waals surface area contributed by atoms with Crippen LogP contribution >= 0.6 is 11.6 Å². The number of nitrogens with zero attached hydrogens (tertiary/aromatic N) is 3. The van der Waals surface area contributed by atoms with Gasteiger partial charge in [0, 0.05) is 11.8 Å². The predicted octanol–water partition coefficient (Wildman–Crippen LogP) is 4.82. The Labute approximate surface area is 165 Å². The first-order valence-corrected chi connectivity index (χ1v) is 8.49. The number of amides is 1. The summed E-state index contributed by atoms with van der Waals surface area (Å²) in [5, 5.41) is 12.1. The van der Waals surface area contributed by atoms with Crippen LogP contribution in [0.25, 0.3) is 4.85 Å². The van der Waals surface area contributed by atoms with Crippen LogP contribution in [0.3, 0.4) is 0 Å². The number of hydrogen-bond donors (Lipinski definition) is 1. The molecule has 0 aliphatic rings. The molecule has 1 N–H and O–H groups in total. The third kappa shape index (κ3) is 4.15. The zero-order valence-corrected chi connectivity index (χ0v) is 15.1. The van der Waals surface area contributed by atoms with E-state index in [9.17, 15) is 9.18 Å². The van der Waals surface area contributed by atoms with Crippen molar-refractivity contribution in [1.29, 1.82) is 5.26 Å². The Kier molecular flexibility index (Phi) is 5.64. The molecule has 0 aliphatic carbocycles. The van der Waals surface area contributed by atoms with Crippen molar-refractivity contribution in [2.45, 2.75) is 6.04 Å². The second kappa shape index (κ2) is 8.30. The highest BCUT2D eigenvalue weighted by atomic mass is 35.5. The highest BCUT2D eigenvalue weighted by molar-refractivity contribution is 6.30. The summed E-state index contributed by atoms with van der Waals surface area (Å²) in [7, 11) is 0. The molecule has 3 aromatic rings. The molecule has 0 saturated heterocycles. The van der Waals surface area contributed by atoms with E-state index in [2.05, 4.69) is 15.1 Å². The molecule has 0 aliphatic heterocycles. The minimum atomic E-state index is -0.766. The average Bonchev–Trinajstić information content (AvgIpc) is 2.72. The van der Waals surface area contributed by atoms with Crippen LogP contribution in [0.15, 0.2) is 60.8 Å². The molecular weight excluding hydrogens is 379 g/mol. The van der Waals surface area contributed by atoms with Crippen molar-refractivity contribution in [3.63, 3.8) is 0 Å². The van der Waals surface area contributed by atoms with Crippen molar-refractivity contribution in [3.8, 4) is 6.07 Å². The Morgan fingerprint density at radius 3 is 2.54 bits per heavy atom. The molecule has 2 aromatic carbocycles. The molecule has 1 aromatic heterocycles. The van der Waals surface area contributed by atoms with Crippen molar-refractivity contribution in [3.05, 3.63) is 105 Å². The van der Waals surface area contributed by atoms with Gasteiger partial charge in [0.1, 0.15) is 11.9 Å². The van der Waals surface area contributed by atoms with Crippen LogP contribution in [-0.2, 0) is 0 Å². The van der Waals surface area contributed by atoms with E-state index in [-0.39, 0.29) is 11.1 Å². The normalized spacial score (nSPS) is 11.1. The van der Waals surface area contributed by atoms with E-state index >= 15 is 0 Å². The lowest BCUT2D eigenvalue weighted by Gasteiger charge is -2.19. The Morgan fingerprint density at radius 2 is 1.96 bits per heavy atom. The number of nitriles is 1. The van der Waals surface area contributed by atoms with Crippen LogP contribution in [0.2, 0.25) is 5.02 Å². The maximum atomic E-state index is 13.9. The molecule has 0 saturated carbocycles. The van der Waals surface area contributed by atoms with Gasteiger partial charge in [-0.1, -0.05) is 35.9 Å². The summed E-state index contributed by atoms with van der Waals surface area (Å²) in [5.74, 6) is -1.29. The summed E-state index contributed by atoms with van der Waals surface area (Å²) < 4.78 is 13.9. The molecular formula is C21H12ClFN4O. The maximum absolute atomic E-state index is 13.9. The summed E-state index contributed by atoms with van der Waals surface area (Å²) in [6.45, 7) is 7.06. The molecule has 3 rings (SSSR count). The van der Waals surface area contributed by atoms with Crippen molar-refractivity contribution in [2.75, 3.05) is 0 Å². The Bertz CT molecular complexity index is 1100. The fraction of sp³-hybridized carbons (Fsp3) is 0.0476. The van der Waals surface area contributed by atoms with Crippen LogP contribution in [0.1, 0.15) is 33.2 Å². The number of benzene rings is 2. The highest BCUT2D eigenvalue weighted by Crippen LogP contribution is 2.25. The van der Waals surface area contributed by atoms with Gasteiger partial charge in [-0.15, -0.1) is 0 Å². The summed E-state index contributed by atoms with van der Waals surface area (Å²) in [4.78, 5) is 20.3. The van der Waals surface area contributed by atoms with Crippen molar-refractivity contribution < 1.29 is 9.18 Å². The van der Waals surface area contributed by atoms with Gasteiger partial charge in [0.15, 0.2) is 5.69 Å². The number of nitrogens with one attached hydrogen (secondary N) is 1. The SMILES string of the molecule is [C-]#[N+]c1ccc([C@H](NC(=O)c2ccc(C#N)c(F)c2)c2ccc(Cl)cn2)cc1. The van der Waals surface area contributed by atoms with Crippen LogP contribution in [0.5, 0.6) is 0 Å². The zero-order chi connectivity index (χ0) is 20.1. The number of aromatic nitrogens is 1. The van der Waals surface area contributed by atoms with E-state index in [0.717, 1.165) is 6.07 Å². The lowest BCUT2D eigenvalue weighted by Crippen LogP contribution is -2.30. The average molecular weight is 391 g/mol. The molecule has 5 nitrogen and oxygen atoms in total. The second-order valence-electron chi connectivity index (χ2n) is 5.82. The fourth-order valence-corrected chi connectivity index (χ4v) is 2.70. The number of rotatable bonds is 4. The highest BCUT2D eigenvalue weighted by Gasteiger charge is 2.20. The first-order chi connectivity index (χ1) is 13.5. The third-order valence-corrected chi connectivity index (χ3v) is 4.25. The Hall–Kier alpha value is -3.74. The van der Waals surface area contributed by atoms with E-state index in [1.807, 2.05) is 0 Å². The number of halogens is 2. The smallest absolute Gasteiger partial charge is 0.252 e. The van der Waals surface area contributed by atoms with Crippen molar-refractivity contribution in [1.82, 2.24) is 10.3 Å². The van der Waals surface area contributed by atoms with Crippen LogP contribution in [0, 0.1) is 23.7 Å². The third-order valence-electron chi connectivity index (χ3n) is 4.03. The number of carbonyl (C=O) groups excluding carboxylic acids is 1. The molecule has 0 bridgehead atoms. The lowest BCUT2D eigenvalue weighted by atomic mass is 10.0. The van der Waals surface area contributed by atoms with Crippen LogP contribution in [0.4, 0.5) is 10.1 Å². The lowest BCUT2D eigenvalue weighted by molar-refractivity contribution is 0.0942. The van der Waals surface area contributed by atoms with Gasteiger partial charge < -0.3 is 5.32 Å². The minimum absolute atomic E-state index is 0.0771. The van der Waals surface area contributed by atoms with Crippen molar-refractivity contribution in [2.24, 2.45) is 0 Å². The number of carbonyl (C=O) groups is 1. The zero-order valence-electron chi connectivity index (χ0n) is 14.4. The summed E-state index contributed by atoms with van der Waals surface area (Å²) in [5.41, 5.74) is 1.63. The molecule has 0 radical (unpaired) electrons. The number of pyridine rings is 1. The predicted molar refractivity (Wildman–Crippen MR) is 102 cm³/mol. The Balaban J connectivity index is 1.95. The van der Waals surface area contributed by atoms with E-state index in [1.165, 1.54) is 18.3 Å². The standard InChI is InChI=1S/C21H12ClFN4O/c1-25-17-7-4-13(5-8-17)20(19-9-6-16(22)12-26-19)27-21(28)14-2-3-15(11-24)18(23)10-14/h2-10,12,20H,(H,27,28)/t20-/m0/s1. The van der Waals surface area contributed by atoms with E-state index < -0.39 is 17.8 Å². The molecule has 1 amide bonds. The maximum Gasteiger partial charge on any atom is 0.252 e. The van der Waals surface area contributed by atoms with Gasteiger partial charge in [-0.25, -0.2) is 9.24 Å².